The minimum Gasteiger partial charge on any atom is -0.356 e. The number of unbranched alkanes of at least 4 members (excludes halogenated alkanes) is 1. The average molecular weight is 511 g/mol. The van der Waals surface area contributed by atoms with E-state index in [0.717, 1.165) is 29.4 Å². The Bertz CT molecular complexity index is 537. The highest BCUT2D eigenvalue weighted by molar-refractivity contribution is 14.0. The van der Waals surface area contributed by atoms with Crippen LogP contribution in [0.2, 0.25) is 0 Å². The van der Waals surface area contributed by atoms with Gasteiger partial charge in [0.25, 0.3) is 0 Å². The molecule has 24 heavy (non-hydrogen) atoms. The molecule has 136 valence electrons. The molecular formula is C17H28BrIN4O. The summed E-state index contributed by atoms with van der Waals surface area (Å²) < 4.78 is 1.05. The summed E-state index contributed by atoms with van der Waals surface area (Å²) in [6.45, 7) is 5.19. The zero-order chi connectivity index (χ0) is 17.2. The maximum Gasteiger partial charge on any atom is 0.243 e. The molecule has 1 rings (SSSR count). The number of guanidine groups is 1. The van der Waals surface area contributed by atoms with Crippen molar-refractivity contribution in [2.45, 2.75) is 32.7 Å². The number of nitrogens with one attached hydrogen (secondary N) is 2. The van der Waals surface area contributed by atoms with E-state index in [1.54, 1.807) is 19.0 Å². The fourth-order valence-electron chi connectivity index (χ4n) is 1.93. The summed E-state index contributed by atoms with van der Waals surface area (Å²) in [4.78, 5) is 17.7. The van der Waals surface area contributed by atoms with Gasteiger partial charge in [0.2, 0.25) is 5.91 Å². The molecule has 0 saturated heterocycles. The quantitative estimate of drug-likeness (QED) is 0.255. The zero-order valence-corrected chi connectivity index (χ0v) is 18.7. The third-order valence-corrected chi connectivity index (χ3v) is 4.14. The van der Waals surface area contributed by atoms with Gasteiger partial charge in [-0.25, -0.2) is 4.99 Å². The number of amides is 1. The average Bonchev–Trinajstić information content (AvgIpc) is 2.52. The van der Waals surface area contributed by atoms with Crippen LogP contribution in [0.25, 0.3) is 0 Å². The van der Waals surface area contributed by atoms with Gasteiger partial charge in [0.15, 0.2) is 5.96 Å². The number of hydrogen-bond donors (Lipinski definition) is 2. The summed E-state index contributed by atoms with van der Waals surface area (Å²) in [6, 6.07) is 8.16. The van der Waals surface area contributed by atoms with Crippen LogP contribution in [0.3, 0.4) is 0 Å². The highest BCUT2D eigenvalue weighted by atomic mass is 127. The first-order valence-electron chi connectivity index (χ1n) is 7.95. The van der Waals surface area contributed by atoms with Crippen molar-refractivity contribution in [3.8, 4) is 0 Å². The Balaban J connectivity index is 0.00000529. The molecule has 0 saturated carbocycles. The summed E-state index contributed by atoms with van der Waals surface area (Å²) in [5.74, 6) is 0.645. The van der Waals surface area contributed by atoms with E-state index in [1.165, 1.54) is 0 Å². The van der Waals surface area contributed by atoms with Crippen molar-refractivity contribution >= 4 is 51.8 Å². The predicted molar refractivity (Wildman–Crippen MR) is 115 cm³/mol. The van der Waals surface area contributed by atoms with Gasteiger partial charge in [0.05, 0.1) is 6.04 Å². The number of benzene rings is 1. The lowest BCUT2D eigenvalue weighted by Crippen LogP contribution is -2.40. The fourth-order valence-corrected chi connectivity index (χ4v) is 2.56. The Morgan fingerprint density at radius 3 is 2.58 bits per heavy atom. The van der Waals surface area contributed by atoms with Crippen molar-refractivity contribution in [1.29, 1.82) is 0 Å². The van der Waals surface area contributed by atoms with E-state index in [1.807, 2.05) is 18.2 Å². The smallest absolute Gasteiger partial charge is 0.243 e. The topological polar surface area (TPSA) is 56.7 Å². The van der Waals surface area contributed by atoms with Crippen molar-refractivity contribution in [2.75, 3.05) is 27.2 Å². The van der Waals surface area contributed by atoms with E-state index in [4.69, 9.17) is 0 Å². The molecule has 7 heteroatoms. The molecule has 0 radical (unpaired) electrons. The number of rotatable bonds is 7. The minimum absolute atomic E-state index is 0. The number of hydrogen-bond acceptors (Lipinski definition) is 2. The molecule has 0 heterocycles. The highest BCUT2D eigenvalue weighted by Crippen LogP contribution is 2.22. The monoisotopic (exact) mass is 510 g/mol. The molecule has 0 aromatic heterocycles. The van der Waals surface area contributed by atoms with Crippen molar-refractivity contribution in [2.24, 2.45) is 4.99 Å². The van der Waals surface area contributed by atoms with Crippen molar-refractivity contribution in [3.63, 3.8) is 0 Å². The van der Waals surface area contributed by atoms with E-state index in [-0.39, 0.29) is 42.5 Å². The number of likely N-dealkylation sites (N-methyl/N-ethyl adjacent to an activating group) is 1. The SMILES string of the molecule is CCCCNC(=NCC(=O)N(C)C)NC(C)c1ccccc1Br.I. The van der Waals surface area contributed by atoms with Crippen LogP contribution < -0.4 is 10.6 Å². The first-order valence-corrected chi connectivity index (χ1v) is 8.74. The molecule has 0 aliphatic carbocycles. The van der Waals surface area contributed by atoms with Gasteiger partial charge in [-0.1, -0.05) is 47.5 Å². The van der Waals surface area contributed by atoms with Crippen LogP contribution in [0.1, 0.15) is 38.3 Å². The predicted octanol–water partition coefficient (Wildman–Crippen LogP) is 3.55. The Labute approximate surface area is 170 Å². The van der Waals surface area contributed by atoms with E-state index in [0.29, 0.717) is 5.96 Å². The third-order valence-electron chi connectivity index (χ3n) is 3.42. The molecule has 0 aliphatic rings. The molecule has 0 bridgehead atoms. The van der Waals surface area contributed by atoms with Gasteiger partial charge in [0.1, 0.15) is 6.54 Å². The van der Waals surface area contributed by atoms with E-state index < -0.39 is 0 Å². The van der Waals surface area contributed by atoms with E-state index in [9.17, 15) is 4.79 Å². The van der Waals surface area contributed by atoms with Crippen LogP contribution in [0.4, 0.5) is 0 Å². The Morgan fingerprint density at radius 2 is 2.00 bits per heavy atom. The maximum absolute atomic E-state index is 11.7. The second-order valence-electron chi connectivity index (χ2n) is 5.62. The van der Waals surface area contributed by atoms with Gasteiger partial charge < -0.3 is 15.5 Å². The number of carbonyl (C=O) groups is 1. The zero-order valence-electron chi connectivity index (χ0n) is 14.8. The van der Waals surface area contributed by atoms with Crippen LogP contribution in [0.15, 0.2) is 33.7 Å². The first kappa shape index (κ1) is 23.2. The molecule has 2 N–H and O–H groups in total. The first-order chi connectivity index (χ1) is 11.0. The van der Waals surface area contributed by atoms with Gasteiger partial charge in [-0.3, -0.25) is 4.79 Å². The van der Waals surface area contributed by atoms with Crippen LogP contribution in [0.5, 0.6) is 0 Å². The summed E-state index contributed by atoms with van der Waals surface area (Å²) in [7, 11) is 3.47. The summed E-state index contributed by atoms with van der Waals surface area (Å²) in [5.41, 5.74) is 1.15. The summed E-state index contributed by atoms with van der Waals surface area (Å²) >= 11 is 3.57. The number of nitrogens with zero attached hydrogens (tertiary/aromatic N) is 2. The fraction of sp³-hybridized carbons (Fsp3) is 0.529. The number of carbonyl (C=O) groups excluding carboxylic acids is 1. The highest BCUT2D eigenvalue weighted by Gasteiger charge is 2.11. The van der Waals surface area contributed by atoms with Crippen molar-refractivity contribution in [1.82, 2.24) is 15.5 Å². The molecule has 0 spiro atoms. The Hall–Kier alpha value is -0.830. The van der Waals surface area contributed by atoms with Crippen LogP contribution in [-0.2, 0) is 4.79 Å². The minimum atomic E-state index is -0.0184. The molecule has 1 aromatic rings. The summed E-state index contributed by atoms with van der Waals surface area (Å²) in [5, 5.41) is 6.65. The molecule has 1 amide bonds. The Kier molecular flexibility index (Phi) is 12.1. The van der Waals surface area contributed by atoms with Gasteiger partial charge in [-0.15, -0.1) is 24.0 Å². The molecule has 1 aromatic carbocycles. The molecule has 5 nitrogen and oxygen atoms in total. The largest absolute Gasteiger partial charge is 0.356 e. The third kappa shape index (κ3) is 8.32. The molecular weight excluding hydrogens is 483 g/mol. The van der Waals surface area contributed by atoms with Crippen LogP contribution in [-0.4, -0.2) is 44.0 Å². The molecule has 1 atom stereocenters. The standard InChI is InChI=1S/C17H27BrN4O.HI/c1-5-6-11-19-17(20-12-16(23)22(3)4)21-13(2)14-9-7-8-10-15(14)18;/h7-10,13H,5-6,11-12H2,1-4H3,(H2,19,20,21);1H. The molecule has 0 fully saturated rings. The maximum atomic E-state index is 11.7. The second kappa shape index (κ2) is 12.5. The lowest BCUT2D eigenvalue weighted by atomic mass is 10.1. The van der Waals surface area contributed by atoms with Crippen molar-refractivity contribution < 1.29 is 4.79 Å². The Morgan fingerprint density at radius 1 is 1.33 bits per heavy atom. The van der Waals surface area contributed by atoms with Crippen LogP contribution in [0, 0.1) is 0 Å². The lowest BCUT2D eigenvalue weighted by Gasteiger charge is -2.20. The molecule has 1 unspecified atom stereocenters. The number of halogens is 2. The number of aliphatic imine (C=N–C) groups is 1. The molecule has 0 aliphatic heterocycles. The van der Waals surface area contributed by atoms with E-state index >= 15 is 0 Å². The normalized spacial score (nSPS) is 12.1. The van der Waals surface area contributed by atoms with Gasteiger partial charge in [0, 0.05) is 25.1 Å². The van der Waals surface area contributed by atoms with Crippen LogP contribution >= 0.6 is 39.9 Å². The van der Waals surface area contributed by atoms with Gasteiger partial charge in [-0.2, -0.15) is 0 Å². The second-order valence-corrected chi connectivity index (χ2v) is 6.48. The van der Waals surface area contributed by atoms with E-state index in [2.05, 4.69) is 51.5 Å². The lowest BCUT2D eigenvalue weighted by molar-refractivity contribution is -0.127. The summed E-state index contributed by atoms with van der Waals surface area (Å²) in [6.07, 6.45) is 2.17. The van der Waals surface area contributed by atoms with Gasteiger partial charge >= 0.3 is 0 Å². The van der Waals surface area contributed by atoms with Crippen molar-refractivity contribution in [3.05, 3.63) is 34.3 Å². The van der Waals surface area contributed by atoms with Gasteiger partial charge in [-0.05, 0) is 25.0 Å².